The Balaban J connectivity index is 2.03. The number of hydrogen-bond donors (Lipinski definition) is 1. The van der Waals surface area contributed by atoms with Crippen molar-refractivity contribution in [2.24, 2.45) is 0 Å². The van der Waals surface area contributed by atoms with Gasteiger partial charge in [0.25, 0.3) is 0 Å². The summed E-state index contributed by atoms with van der Waals surface area (Å²) < 4.78 is 24.4. The Morgan fingerprint density at radius 2 is 1.95 bits per heavy atom. The van der Waals surface area contributed by atoms with Crippen molar-refractivity contribution < 1.29 is 13.9 Å². The summed E-state index contributed by atoms with van der Waals surface area (Å²) in [5.74, 6) is 0.0476. The zero-order chi connectivity index (χ0) is 13.9. The Labute approximate surface area is 115 Å². The van der Waals surface area contributed by atoms with Crippen LogP contribution in [0.4, 0.5) is 4.39 Å². The Hall–Kier alpha value is -1.13. The second-order valence-electron chi connectivity index (χ2n) is 4.45. The molecule has 0 heterocycles. The van der Waals surface area contributed by atoms with Gasteiger partial charge in [0.05, 0.1) is 6.61 Å². The third-order valence-electron chi connectivity index (χ3n) is 2.76. The Morgan fingerprint density at radius 1 is 1.16 bits per heavy atom. The molecule has 0 spiro atoms. The molecule has 0 aromatic heterocycles. The highest BCUT2D eigenvalue weighted by molar-refractivity contribution is 5.29. The minimum absolute atomic E-state index is 0.273. The molecule has 0 saturated heterocycles. The van der Waals surface area contributed by atoms with Crippen LogP contribution in [0.1, 0.15) is 25.3 Å². The van der Waals surface area contributed by atoms with Crippen LogP contribution >= 0.6 is 0 Å². The fraction of sp³-hybridized carbons (Fsp3) is 0.600. The molecule has 0 unspecified atom stereocenters. The number of unbranched alkanes of at least 4 members (excludes halogenated alkanes) is 1. The minimum atomic E-state index is -0.273. The van der Waals surface area contributed by atoms with Crippen LogP contribution in [0.2, 0.25) is 0 Å². The molecule has 0 fully saturated rings. The van der Waals surface area contributed by atoms with Crippen LogP contribution < -0.4 is 10.1 Å². The fourth-order valence-corrected chi connectivity index (χ4v) is 1.58. The van der Waals surface area contributed by atoms with Gasteiger partial charge in [0.1, 0.15) is 6.61 Å². The highest BCUT2D eigenvalue weighted by Gasteiger charge is 2.04. The van der Waals surface area contributed by atoms with Crippen molar-refractivity contribution in [1.29, 1.82) is 0 Å². The maximum absolute atomic E-state index is 13.6. The minimum Gasteiger partial charge on any atom is -0.489 e. The number of rotatable bonds is 10. The lowest BCUT2D eigenvalue weighted by Gasteiger charge is -2.09. The van der Waals surface area contributed by atoms with Gasteiger partial charge in [0, 0.05) is 19.7 Å². The van der Waals surface area contributed by atoms with Crippen molar-refractivity contribution in [3.8, 4) is 5.75 Å². The number of hydrogen-bond acceptors (Lipinski definition) is 3. The normalized spacial score (nSPS) is 10.7. The van der Waals surface area contributed by atoms with Crippen LogP contribution in [-0.4, -0.2) is 32.9 Å². The Morgan fingerprint density at radius 3 is 2.74 bits per heavy atom. The SMILES string of the molecule is CCCCOCCNCCOc1cccc(C)c1F. The van der Waals surface area contributed by atoms with Crippen LogP contribution in [0.25, 0.3) is 0 Å². The van der Waals surface area contributed by atoms with Crippen LogP contribution in [-0.2, 0) is 4.74 Å². The van der Waals surface area contributed by atoms with E-state index in [1.165, 1.54) is 0 Å². The molecule has 1 aromatic carbocycles. The van der Waals surface area contributed by atoms with Gasteiger partial charge >= 0.3 is 0 Å². The van der Waals surface area contributed by atoms with Gasteiger partial charge < -0.3 is 14.8 Å². The molecule has 0 bridgehead atoms. The topological polar surface area (TPSA) is 30.5 Å². The van der Waals surface area contributed by atoms with Crippen LogP contribution in [0.15, 0.2) is 18.2 Å². The van der Waals surface area contributed by atoms with Gasteiger partial charge in [-0.2, -0.15) is 0 Å². The third kappa shape index (κ3) is 6.55. The maximum Gasteiger partial charge on any atom is 0.167 e. The number of aryl methyl sites for hydroxylation is 1. The van der Waals surface area contributed by atoms with Crippen molar-refractivity contribution in [3.05, 3.63) is 29.6 Å². The smallest absolute Gasteiger partial charge is 0.167 e. The lowest BCUT2D eigenvalue weighted by molar-refractivity contribution is 0.132. The highest BCUT2D eigenvalue weighted by Crippen LogP contribution is 2.19. The van der Waals surface area contributed by atoms with E-state index in [0.717, 1.165) is 26.0 Å². The summed E-state index contributed by atoms with van der Waals surface area (Å²) >= 11 is 0. The monoisotopic (exact) mass is 269 g/mol. The lowest BCUT2D eigenvalue weighted by atomic mass is 10.2. The predicted octanol–water partition coefficient (Wildman–Crippen LogP) is 2.92. The number of benzene rings is 1. The zero-order valence-electron chi connectivity index (χ0n) is 11.9. The molecule has 19 heavy (non-hydrogen) atoms. The first kappa shape index (κ1) is 15.9. The van der Waals surface area contributed by atoms with Crippen LogP contribution in [0.3, 0.4) is 0 Å². The summed E-state index contributed by atoms with van der Waals surface area (Å²) in [7, 11) is 0. The van der Waals surface area contributed by atoms with Crippen LogP contribution in [0.5, 0.6) is 5.75 Å². The fourth-order valence-electron chi connectivity index (χ4n) is 1.58. The summed E-state index contributed by atoms with van der Waals surface area (Å²) in [6.45, 7) is 7.34. The van der Waals surface area contributed by atoms with E-state index in [0.29, 0.717) is 31.1 Å². The van der Waals surface area contributed by atoms with Gasteiger partial charge in [-0.05, 0) is 25.0 Å². The molecule has 0 aliphatic rings. The molecule has 1 rings (SSSR count). The first-order valence-electron chi connectivity index (χ1n) is 6.92. The van der Waals surface area contributed by atoms with Crippen LogP contribution in [0, 0.1) is 12.7 Å². The summed E-state index contributed by atoms with van der Waals surface area (Å²) in [6, 6.07) is 5.17. The standard InChI is InChI=1S/C15H24FNO2/c1-3-4-10-18-11-8-17-9-12-19-14-7-5-6-13(2)15(14)16/h5-7,17H,3-4,8-12H2,1-2H3. The molecule has 0 radical (unpaired) electrons. The molecule has 1 N–H and O–H groups in total. The van der Waals surface area contributed by atoms with E-state index in [1.807, 2.05) is 0 Å². The second-order valence-corrected chi connectivity index (χ2v) is 4.45. The lowest BCUT2D eigenvalue weighted by Crippen LogP contribution is -2.25. The summed E-state index contributed by atoms with van der Waals surface area (Å²) in [6.07, 6.45) is 2.26. The molecular weight excluding hydrogens is 245 g/mol. The van der Waals surface area contributed by atoms with Crippen molar-refractivity contribution in [2.45, 2.75) is 26.7 Å². The molecule has 0 aliphatic heterocycles. The Bertz CT molecular complexity index is 358. The van der Waals surface area contributed by atoms with Gasteiger partial charge in [0.2, 0.25) is 0 Å². The molecule has 0 aliphatic carbocycles. The summed E-state index contributed by atoms with van der Waals surface area (Å²) in [4.78, 5) is 0. The Kier molecular flexibility index (Phi) is 8.18. The van der Waals surface area contributed by atoms with E-state index < -0.39 is 0 Å². The number of ether oxygens (including phenoxy) is 2. The largest absolute Gasteiger partial charge is 0.489 e. The average molecular weight is 269 g/mol. The molecule has 0 saturated carbocycles. The molecule has 0 atom stereocenters. The molecule has 108 valence electrons. The predicted molar refractivity (Wildman–Crippen MR) is 75.2 cm³/mol. The first-order chi connectivity index (χ1) is 9.25. The molecule has 3 nitrogen and oxygen atoms in total. The van der Waals surface area contributed by atoms with Gasteiger partial charge in [-0.3, -0.25) is 0 Å². The first-order valence-corrected chi connectivity index (χ1v) is 6.92. The zero-order valence-corrected chi connectivity index (χ0v) is 11.9. The molecule has 4 heteroatoms. The van der Waals surface area contributed by atoms with E-state index >= 15 is 0 Å². The van der Waals surface area contributed by atoms with Crippen molar-refractivity contribution in [3.63, 3.8) is 0 Å². The molecular formula is C15H24FNO2. The number of nitrogens with one attached hydrogen (secondary N) is 1. The quantitative estimate of drug-likeness (QED) is 0.662. The van der Waals surface area contributed by atoms with E-state index in [4.69, 9.17) is 9.47 Å². The van der Waals surface area contributed by atoms with Gasteiger partial charge in [-0.15, -0.1) is 0 Å². The van der Waals surface area contributed by atoms with E-state index in [9.17, 15) is 4.39 Å². The van der Waals surface area contributed by atoms with E-state index in [1.54, 1.807) is 25.1 Å². The van der Waals surface area contributed by atoms with Gasteiger partial charge in [0.15, 0.2) is 11.6 Å². The average Bonchev–Trinajstić information content (AvgIpc) is 2.41. The maximum atomic E-state index is 13.6. The molecule has 0 amide bonds. The van der Waals surface area contributed by atoms with Gasteiger partial charge in [-0.25, -0.2) is 4.39 Å². The third-order valence-corrected chi connectivity index (χ3v) is 2.76. The van der Waals surface area contributed by atoms with Crippen molar-refractivity contribution in [2.75, 3.05) is 32.9 Å². The van der Waals surface area contributed by atoms with E-state index in [-0.39, 0.29) is 5.82 Å². The van der Waals surface area contributed by atoms with Crippen molar-refractivity contribution >= 4 is 0 Å². The second kappa shape index (κ2) is 9.75. The summed E-state index contributed by atoms with van der Waals surface area (Å²) in [5.41, 5.74) is 0.606. The molecule has 1 aromatic rings. The number of halogens is 1. The summed E-state index contributed by atoms with van der Waals surface area (Å²) in [5, 5.41) is 3.19. The van der Waals surface area contributed by atoms with E-state index in [2.05, 4.69) is 12.2 Å². The highest BCUT2D eigenvalue weighted by atomic mass is 19.1. The van der Waals surface area contributed by atoms with Gasteiger partial charge in [-0.1, -0.05) is 25.5 Å². The van der Waals surface area contributed by atoms with Crippen molar-refractivity contribution in [1.82, 2.24) is 5.32 Å².